The largest absolute Gasteiger partial charge is 0.495 e. The Morgan fingerprint density at radius 1 is 1.59 bits per heavy atom. The van der Waals surface area contributed by atoms with Crippen LogP contribution in [0, 0.1) is 17.2 Å². The molecule has 88 valence electrons. The molecule has 0 aliphatic carbocycles. The summed E-state index contributed by atoms with van der Waals surface area (Å²) >= 11 is 6.01. The van der Waals surface area contributed by atoms with E-state index in [-0.39, 0.29) is 12.3 Å². The molecule has 1 heterocycles. The van der Waals surface area contributed by atoms with E-state index in [9.17, 15) is 4.79 Å². The first-order valence-corrected chi connectivity index (χ1v) is 5.54. The Kier molecular flexibility index (Phi) is 3.21. The Morgan fingerprint density at radius 3 is 2.88 bits per heavy atom. The molecular formula is C12H11ClN2O2. The quantitative estimate of drug-likeness (QED) is 0.804. The molecule has 2 rings (SSSR count). The summed E-state index contributed by atoms with van der Waals surface area (Å²) in [6.45, 7) is 0.693. The summed E-state index contributed by atoms with van der Waals surface area (Å²) in [5.74, 6) is 0.0214. The molecule has 0 aromatic heterocycles. The van der Waals surface area contributed by atoms with Crippen molar-refractivity contribution in [2.24, 2.45) is 5.92 Å². The number of ketones is 1. The van der Waals surface area contributed by atoms with Gasteiger partial charge in [0.25, 0.3) is 0 Å². The van der Waals surface area contributed by atoms with E-state index in [2.05, 4.69) is 0 Å². The number of ether oxygens (including phenoxy) is 1. The second-order valence-electron chi connectivity index (χ2n) is 3.85. The standard InChI is InChI=1S/C12H11ClN2O2/c1-17-12-3-2-9(4-10(12)13)15-6-8(5-14)11(16)7-15/h2-4,8H,6-7H2,1H3. The third-order valence-corrected chi connectivity index (χ3v) is 3.09. The van der Waals surface area contributed by atoms with Crippen molar-refractivity contribution in [1.82, 2.24) is 0 Å². The SMILES string of the molecule is COc1ccc(N2CC(=O)C(C#N)C2)cc1Cl. The molecule has 0 spiro atoms. The number of hydrogen-bond acceptors (Lipinski definition) is 4. The molecule has 1 aromatic carbocycles. The first-order valence-electron chi connectivity index (χ1n) is 5.16. The number of methoxy groups -OCH3 is 1. The van der Waals surface area contributed by atoms with Crippen molar-refractivity contribution < 1.29 is 9.53 Å². The number of carbonyl (C=O) groups excluding carboxylic acids is 1. The van der Waals surface area contributed by atoms with E-state index < -0.39 is 5.92 Å². The number of rotatable bonds is 2. The van der Waals surface area contributed by atoms with Crippen molar-refractivity contribution in [3.05, 3.63) is 23.2 Å². The molecule has 0 amide bonds. The van der Waals surface area contributed by atoms with Crippen molar-refractivity contribution in [2.45, 2.75) is 0 Å². The number of nitriles is 1. The summed E-state index contributed by atoms with van der Waals surface area (Å²) in [4.78, 5) is 13.3. The van der Waals surface area contributed by atoms with Gasteiger partial charge in [0.05, 0.1) is 24.7 Å². The zero-order chi connectivity index (χ0) is 12.4. The smallest absolute Gasteiger partial charge is 0.170 e. The number of carbonyl (C=O) groups is 1. The Hall–Kier alpha value is -1.73. The highest BCUT2D eigenvalue weighted by Crippen LogP contribution is 2.30. The molecule has 1 aliphatic rings. The fourth-order valence-corrected chi connectivity index (χ4v) is 2.10. The minimum atomic E-state index is -0.532. The number of halogens is 1. The molecule has 17 heavy (non-hydrogen) atoms. The summed E-state index contributed by atoms with van der Waals surface area (Å²) in [5, 5.41) is 9.29. The van der Waals surface area contributed by atoms with Gasteiger partial charge in [-0.3, -0.25) is 4.79 Å². The van der Waals surface area contributed by atoms with Crippen LogP contribution < -0.4 is 9.64 Å². The first kappa shape index (κ1) is 11.7. The fraction of sp³-hybridized carbons (Fsp3) is 0.333. The number of hydrogen-bond donors (Lipinski definition) is 0. The second-order valence-corrected chi connectivity index (χ2v) is 4.25. The van der Waals surface area contributed by atoms with Crippen LogP contribution in [0.2, 0.25) is 5.02 Å². The number of anilines is 1. The topological polar surface area (TPSA) is 53.3 Å². The molecule has 1 aliphatic heterocycles. The Bertz CT molecular complexity index is 496. The minimum absolute atomic E-state index is 0.0422. The molecule has 4 nitrogen and oxygen atoms in total. The molecule has 5 heteroatoms. The van der Waals surface area contributed by atoms with Crippen LogP contribution in [0.4, 0.5) is 5.69 Å². The van der Waals surface area contributed by atoms with Gasteiger partial charge in [0.1, 0.15) is 11.7 Å². The normalized spacial score (nSPS) is 19.2. The maximum absolute atomic E-state index is 11.5. The monoisotopic (exact) mass is 250 g/mol. The lowest BCUT2D eigenvalue weighted by Crippen LogP contribution is -2.19. The molecule has 1 aromatic rings. The van der Waals surface area contributed by atoms with Crippen LogP contribution in [0.5, 0.6) is 5.75 Å². The summed E-state index contributed by atoms with van der Waals surface area (Å²) in [5.41, 5.74) is 0.835. The van der Waals surface area contributed by atoms with E-state index in [1.165, 1.54) is 0 Å². The van der Waals surface area contributed by atoms with Gasteiger partial charge < -0.3 is 9.64 Å². The summed E-state index contributed by atoms with van der Waals surface area (Å²) in [6, 6.07) is 7.33. The van der Waals surface area contributed by atoms with Crippen molar-refractivity contribution in [1.29, 1.82) is 5.26 Å². The van der Waals surface area contributed by atoms with Gasteiger partial charge in [-0.2, -0.15) is 5.26 Å². The van der Waals surface area contributed by atoms with E-state index in [0.29, 0.717) is 17.3 Å². The number of nitrogens with zero attached hydrogens (tertiary/aromatic N) is 2. The molecule has 1 atom stereocenters. The van der Waals surface area contributed by atoms with Crippen molar-refractivity contribution >= 4 is 23.1 Å². The number of benzene rings is 1. The zero-order valence-electron chi connectivity index (χ0n) is 9.31. The molecule has 1 unspecified atom stereocenters. The highest BCUT2D eigenvalue weighted by molar-refractivity contribution is 6.32. The zero-order valence-corrected chi connectivity index (χ0v) is 10.1. The highest BCUT2D eigenvalue weighted by atomic mass is 35.5. The van der Waals surface area contributed by atoms with Gasteiger partial charge in [-0.05, 0) is 18.2 Å². The summed E-state index contributed by atoms with van der Waals surface area (Å²) in [6.07, 6.45) is 0. The average Bonchev–Trinajstić information content (AvgIpc) is 2.70. The van der Waals surface area contributed by atoms with E-state index in [4.69, 9.17) is 21.6 Å². The Morgan fingerprint density at radius 2 is 2.35 bits per heavy atom. The van der Waals surface area contributed by atoms with E-state index in [1.54, 1.807) is 19.2 Å². The van der Waals surface area contributed by atoms with Crippen LogP contribution in [0.3, 0.4) is 0 Å². The Labute approximate surface area is 104 Å². The summed E-state index contributed by atoms with van der Waals surface area (Å²) in [7, 11) is 1.55. The molecule has 0 saturated carbocycles. The predicted octanol–water partition coefficient (Wildman–Crippen LogP) is 1.88. The predicted molar refractivity (Wildman–Crippen MR) is 64.3 cm³/mol. The van der Waals surface area contributed by atoms with Gasteiger partial charge in [0.2, 0.25) is 0 Å². The van der Waals surface area contributed by atoms with E-state index in [1.807, 2.05) is 17.0 Å². The summed E-state index contributed by atoms with van der Waals surface area (Å²) < 4.78 is 5.06. The third-order valence-electron chi connectivity index (χ3n) is 2.79. The van der Waals surface area contributed by atoms with Gasteiger partial charge in [-0.1, -0.05) is 11.6 Å². The molecular weight excluding hydrogens is 240 g/mol. The molecule has 1 saturated heterocycles. The first-order chi connectivity index (χ1) is 8.15. The Balaban J connectivity index is 2.23. The average molecular weight is 251 g/mol. The second kappa shape index (κ2) is 4.64. The van der Waals surface area contributed by atoms with Gasteiger partial charge >= 0.3 is 0 Å². The van der Waals surface area contributed by atoms with E-state index in [0.717, 1.165) is 5.69 Å². The molecule has 0 N–H and O–H groups in total. The number of Topliss-reactive ketones (excluding diaryl/α,β-unsaturated/α-hetero) is 1. The maximum Gasteiger partial charge on any atom is 0.170 e. The lowest BCUT2D eigenvalue weighted by atomic mass is 10.1. The molecule has 1 fully saturated rings. The third kappa shape index (κ3) is 2.20. The van der Waals surface area contributed by atoms with Crippen LogP contribution in [-0.2, 0) is 4.79 Å². The van der Waals surface area contributed by atoms with Gasteiger partial charge in [-0.15, -0.1) is 0 Å². The van der Waals surface area contributed by atoms with Crippen LogP contribution in [0.15, 0.2) is 18.2 Å². The fourth-order valence-electron chi connectivity index (χ4n) is 1.85. The lowest BCUT2D eigenvalue weighted by Gasteiger charge is -2.17. The van der Waals surface area contributed by atoms with Crippen LogP contribution in [-0.4, -0.2) is 26.0 Å². The molecule has 0 bridgehead atoms. The molecule has 0 radical (unpaired) electrons. The van der Waals surface area contributed by atoms with Crippen molar-refractivity contribution in [3.63, 3.8) is 0 Å². The van der Waals surface area contributed by atoms with E-state index >= 15 is 0 Å². The van der Waals surface area contributed by atoms with Crippen molar-refractivity contribution in [3.8, 4) is 11.8 Å². The maximum atomic E-state index is 11.5. The van der Waals surface area contributed by atoms with Crippen molar-refractivity contribution in [2.75, 3.05) is 25.1 Å². The highest BCUT2D eigenvalue weighted by Gasteiger charge is 2.30. The minimum Gasteiger partial charge on any atom is -0.495 e. The van der Waals surface area contributed by atoms with Crippen LogP contribution in [0.1, 0.15) is 0 Å². The lowest BCUT2D eigenvalue weighted by molar-refractivity contribution is -0.118. The van der Waals surface area contributed by atoms with Gasteiger partial charge in [0, 0.05) is 12.2 Å². The van der Waals surface area contributed by atoms with Crippen LogP contribution >= 0.6 is 11.6 Å². The van der Waals surface area contributed by atoms with Gasteiger partial charge in [0.15, 0.2) is 5.78 Å². The van der Waals surface area contributed by atoms with Gasteiger partial charge in [-0.25, -0.2) is 0 Å². The van der Waals surface area contributed by atoms with Crippen LogP contribution in [0.25, 0.3) is 0 Å².